The second kappa shape index (κ2) is 6.36. The van der Waals surface area contributed by atoms with Gasteiger partial charge in [0.15, 0.2) is 11.6 Å². The molecule has 3 aliphatic heterocycles. The molecule has 0 aliphatic carbocycles. The first kappa shape index (κ1) is 15.9. The third kappa shape index (κ3) is 2.90. The van der Waals surface area contributed by atoms with E-state index in [-0.39, 0.29) is 5.82 Å². The molecule has 4 nitrogen and oxygen atoms in total. The topological polar surface area (TPSA) is 32.8 Å². The highest BCUT2D eigenvalue weighted by Gasteiger charge is 2.43. The molecule has 1 aromatic carbocycles. The lowest BCUT2D eigenvalue weighted by atomic mass is 9.76. The number of piperidine rings is 3. The first-order chi connectivity index (χ1) is 11.6. The van der Waals surface area contributed by atoms with Crippen LogP contribution in [0.3, 0.4) is 0 Å². The summed E-state index contributed by atoms with van der Waals surface area (Å²) >= 11 is 0. The first-order valence-corrected chi connectivity index (χ1v) is 8.98. The normalized spacial score (nSPS) is 30.2. The van der Waals surface area contributed by atoms with Gasteiger partial charge in [0.25, 0.3) is 0 Å². The SMILES string of the molecule is COc1ccc(CN2C[C@@H]3C[C@@H](C2)[C@@H]2CCCC(=O)N2C3)cc1F. The van der Waals surface area contributed by atoms with E-state index < -0.39 is 0 Å². The fraction of sp³-hybridized carbons (Fsp3) is 0.632. The standard InChI is InChI=1S/C19H25FN2O2/c1-24-18-6-5-13(8-16(18)20)9-21-10-14-7-15(12-21)17-3-2-4-19(23)22(17)11-14/h5-6,8,14-15,17H,2-4,7,9-12H2,1H3/t14-,15-,17-/m0/s1. The molecule has 3 aliphatic rings. The van der Waals surface area contributed by atoms with Crippen molar-refractivity contribution >= 4 is 5.91 Å². The Labute approximate surface area is 142 Å². The van der Waals surface area contributed by atoms with Crippen LogP contribution in [-0.2, 0) is 11.3 Å². The lowest BCUT2D eigenvalue weighted by Gasteiger charge is -2.52. The van der Waals surface area contributed by atoms with Crippen molar-refractivity contribution in [1.29, 1.82) is 0 Å². The maximum Gasteiger partial charge on any atom is 0.222 e. The van der Waals surface area contributed by atoms with Crippen molar-refractivity contribution in [3.63, 3.8) is 0 Å². The molecule has 0 N–H and O–H groups in total. The van der Waals surface area contributed by atoms with E-state index in [4.69, 9.17) is 4.74 Å². The number of halogens is 1. The average Bonchev–Trinajstić information content (AvgIpc) is 2.56. The number of methoxy groups -OCH3 is 1. The minimum absolute atomic E-state index is 0.295. The summed E-state index contributed by atoms with van der Waals surface area (Å²) in [5.74, 6) is 1.49. The maximum atomic E-state index is 13.9. The predicted octanol–water partition coefficient (Wildman–Crippen LogP) is 2.67. The van der Waals surface area contributed by atoms with E-state index in [1.54, 1.807) is 12.1 Å². The number of hydrogen-bond donors (Lipinski definition) is 0. The molecular weight excluding hydrogens is 307 g/mol. The number of nitrogens with zero attached hydrogens (tertiary/aromatic N) is 2. The summed E-state index contributed by atoms with van der Waals surface area (Å²) in [7, 11) is 1.49. The van der Waals surface area contributed by atoms with Crippen molar-refractivity contribution in [3.05, 3.63) is 29.6 Å². The van der Waals surface area contributed by atoms with Crippen LogP contribution < -0.4 is 4.74 Å². The summed E-state index contributed by atoms with van der Waals surface area (Å²) in [5, 5.41) is 0. The summed E-state index contributed by atoms with van der Waals surface area (Å²) in [6.07, 6.45) is 4.14. The van der Waals surface area contributed by atoms with Gasteiger partial charge in [-0.25, -0.2) is 4.39 Å². The molecule has 3 saturated heterocycles. The second-order valence-electron chi connectivity index (χ2n) is 7.53. The Balaban J connectivity index is 1.45. The highest BCUT2D eigenvalue weighted by atomic mass is 19.1. The monoisotopic (exact) mass is 332 g/mol. The van der Waals surface area contributed by atoms with Crippen LogP contribution in [0.5, 0.6) is 5.75 Å². The van der Waals surface area contributed by atoms with Crippen LogP contribution in [0.1, 0.15) is 31.2 Å². The Morgan fingerprint density at radius 2 is 2.17 bits per heavy atom. The summed E-state index contributed by atoms with van der Waals surface area (Å²) in [4.78, 5) is 16.8. The Morgan fingerprint density at radius 1 is 1.29 bits per heavy atom. The van der Waals surface area contributed by atoms with E-state index >= 15 is 0 Å². The smallest absolute Gasteiger partial charge is 0.222 e. The average molecular weight is 332 g/mol. The second-order valence-corrected chi connectivity index (χ2v) is 7.53. The Bertz CT molecular complexity index is 636. The van der Waals surface area contributed by atoms with E-state index in [2.05, 4.69) is 9.80 Å². The van der Waals surface area contributed by atoms with Crippen molar-refractivity contribution in [2.45, 2.75) is 38.3 Å². The van der Waals surface area contributed by atoms with Gasteiger partial charge in [-0.3, -0.25) is 9.69 Å². The van der Waals surface area contributed by atoms with Gasteiger partial charge in [-0.05, 0) is 48.8 Å². The first-order valence-electron chi connectivity index (χ1n) is 8.98. The number of carbonyl (C=O) groups is 1. The van der Waals surface area contributed by atoms with E-state index in [1.807, 2.05) is 6.07 Å². The van der Waals surface area contributed by atoms with E-state index in [0.717, 1.165) is 51.0 Å². The van der Waals surface area contributed by atoms with Crippen LogP contribution in [-0.4, -0.2) is 48.5 Å². The minimum Gasteiger partial charge on any atom is -0.494 e. The lowest BCUT2D eigenvalue weighted by Crippen LogP contribution is -2.60. The van der Waals surface area contributed by atoms with Gasteiger partial charge in [-0.15, -0.1) is 0 Å². The zero-order chi connectivity index (χ0) is 16.7. The molecule has 130 valence electrons. The van der Waals surface area contributed by atoms with Gasteiger partial charge in [0.05, 0.1) is 7.11 Å². The number of ether oxygens (including phenoxy) is 1. The van der Waals surface area contributed by atoms with Crippen molar-refractivity contribution in [2.75, 3.05) is 26.7 Å². The highest BCUT2D eigenvalue weighted by Crippen LogP contribution is 2.38. The molecule has 5 heteroatoms. The van der Waals surface area contributed by atoms with E-state index in [9.17, 15) is 9.18 Å². The van der Waals surface area contributed by atoms with Gasteiger partial charge in [-0.1, -0.05) is 6.07 Å². The van der Waals surface area contributed by atoms with E-state index in [1.165, 1.54) is 13.5 Å². The van der Waals surface area contributed by atoms with E-state index in [0.29, 0.717) is 29.5 Å². The molecule has 0 aromatic heterocycles. The summed E-state index contributed by atoms with van der Waals surface area (Å²) < 4.78 is 18.9. The van der Waals surface area contributed by atoms with Gasteiger partial charge >= 0.3 is 0 Å². The molecule has 1 aromatic rings. The van der Waals surface area contributed by atoms with Crippen LogP contribution in [0.4, 0.5) is 4.39 Å². The molecule has 0 spiro atoms. The molecule has 3 heterocycles. The predicted molar refractivity (Wildman–Crippen MR) is 89.2 cm³/mol. The maximum absolute atomic E-state index is 13.9. The molecule has 0 radical (unpaired) electrons. The van der Waals surface area contributed by atoms with Gasteiger partial charge < -0.3 is 9.64 Å². The number of carbonyl (C=O) groups excluding carboxylic acids is 1. The molecular formula is C19H25FN2O2. The van der Waals surface area contributed by atoms with Crippen LogP contribution in [0.2, 0.25) is 0 Å². The number of rotatable bonds is 3. The number of fused-ring (bicyclic) bond motifs is 4. The number of hydrogen-bond acceptors (Lipinski definition) is 3. The molecule has 4 rings (SSSR count). The molecule has 3 fully saturated rings. The quantitative estimate of drug-likeness (QED) is 0.853. The molecule has 2 bridgehead atoms. The highest BCUT2D eigenvalue weighted by molar-refractivity contribution is 5.77. The van der Waals surface area contributed by atoms with Crippen molar-refractivity contribution < 1.29 is 13.9 Å². The molecule has 0 saturated carbocycles. The van der Waals surface area contributed by atoms with Crippen molar-refractivity contribution in [1.82, 2.24) is 9.80 Å². The van der Waals surface area contributed by atoms with Gasteiger partial charge in [0.2, 0.25) is 5.91 Å². The fourth-order valence-corrected chi connectivity index (χ4v) is 4.91. The van der Waals surface area contributed by atoms with Crippen LogP contribution in [0.25, 0.3) is 0 Å². The number of likely N-dealkylation sites (tertiary alicyclic amines) is 1. The molecule has 1 amide bonds. The third-order valence-corrected chi connectivity index (χ3v) is 5.88. The van der Waals surface area contributed by atoms with Gasteiger partial charge in [0.1, 0.15) is 0 Å². The zero-order valence-electron chi connectivity index (χ0n) is 14.2. The fourth-order valence-electron chi connectivity index (χ4n) is 4.91. The van der Waals surface area contributed by atoms with Crippen molar-refractivity contribution in [3.8, 4) is 5.75 Å². The lowest BCUT2D eigenvalue weighted by molar-refractivity contribution is -0.145. The molecule has 3 atom stereocenters. The zero-order valence-corrected chi connectivity index (χ0v) is 14.2. The van der Waals surface area contributed by atoms with Gasteiger partial charge in [-0.2, -0.15) is 0 Å². The summed E-state index contributed by atoms with van der Waals surface area (Å²) in [6, 6.07) is 5.66. The Morgan fingerprint density at radius 3 is 2.96 bits per heavy atom. The van der Waals surface area contributed by atoms with Crippen LogP contribution >= 0.6 is 0 Å². The number of benzene rings is 1. The molecule has 0 unspecified atom stereocenters. The van der Waals surface area contributed by atoms with Gasteiger partial charge in [0, 0.05) is 38.6 Å². The minimum atomic E-state index is -0.295. The number of amides is 1. The summed E-state index contributed by atoms with van der Waals surface area (Å²) in [6.45, 7) is 3.70. The third-order valence-electron chi connectivity index (χ3n) is 5.88. The van der Waals surface area contributed by atoms with Crippen molar-refractivity contribution in [2.24, 2.45) is 11.8 Å². The van der Waals surface area contributed by atoms with Crippen LogP contribution in [0, 0.1) is 17.7 Å². The Kier molecular flexibility index (Phi) is 4.21. The largest absolute Gasteiger partial charge is 0.494 e. The molecule has 24 heavy (non-hydrogen) atoms. The summed E-state index contributed by atoms with van der Waals surface area (Å²) in [5.41, 5.74) is 0.991. The Hall–Kier alpha value is -1.62. The van der Waals surface area contributed by atoms with Crippen LogP contribution in [0.15, 0.2) is 18.2 Å².